The van der Waals surface area contributed by atoms with Crippen LogP contribution in [0.3, 0.4) is 0 Å². The molecule has 13 heteroatoms. The molecule has 0 saturated heterocycles. The summed E-state index contributed by atoms with van der Waals surface area (Å²) in [5.41, 5.74) is 1.15. The minimum Gasteiger partial charge on any atom is -0.497 e. The summed E-state index contributed by atoms with van der Waals surface area (Å²) in [4.78, 5) is 15.4. The molecule has 0 aromatic heterocycles. The number of anilines is 1. The normalized spacial score (nSPS) is 18.3. The standard InChI is InChI=1S/C30H37N3O8S2/c1-20-6-11-26(12-7-20)43(38,39)32(4)18-29-21(2)17-33(22(3)19-34)30(35)27-16-23(8-15-28(27)41-29)31-42(36,37)25-13-9-24(40-5)10-14-25/h6-16,21-22,29,31,34H,17-19H2,1-5H3/t21-,22+,29+/m1/s1. The second kappa shape index (κ2) is 12.9. The van der Waals surface area contributed by atoms with E-state index >= 15 is 0 Å². The average Bonchev–Trinajstić information content (AvgIpc) is 2.98. The van der Waals surface area contributed by atoms with E-state index in [4.69, 9.17) is 9.47 Å². The molecule has 232 valence electrons. The van der Waals surface area contributed by atoms with Gasteiger partial charge >= 0.3 is 0 Å². The zero-order chi connectivity index (χ0) is 31.5. The van der Waals surface area contributed by atoms with Crippen LogP contribution in [0, 0.1) is 12.8 Å². The number of sulfonamides is 2. The maximum atomic E-state index is 13.7. The molecule has 3 aromatic carbocycles. The summed E-state index contributed by atoms with van der Waals surface area (Å²) in [5, 5.41) is 9.92. The molecular weight excluding hydrogens is 594 g/mol. The number of likely N-dealkylation sites (N-methyl/N-ethyl adjacent to an activating group) is 1. The third-order valence-electron chi connectivity index (χ3n) is 7.45. The highest BCUT2D eigenvalue weighted by Crippen LogP contribution is 2.32. The van der Waals surface area contributed by atoms with Gasteiger partial charge in [0.1, 0.15) is 17.6 Å². The zero-order valence-electron chi connectivity index (χ0n) is 24.7. The number of benzene rings is 3. The molecule has 1 aliphatic rings. The van der Waals surface area contributed by atoms with Gasteiger partial charge < -0.3 is 19.5 Å². The van der Waals surface area contributed by atoms with Crippen molar-refractivity contribution in [2.45, 2.75) is 42.7 Å². The minimum absolute atomic E-state index is 0.00450. The van der Waals surface area contributed by atoms with Crippen LogP contribution in [0.5, 0.6) is 11.5 Å². The maximum Gasteiger partial charge on any atom is 0.261 e. The SMILES string of the molecule is COc1ccc(S(=O)(=O)Nc2ccc3c(c2)C(=O)N([C@@H](C)CO)C[C@@H](C)[C@H](CN(C)S(=O)(=O)c2ccc(C)cc2)O3)cc1. The monoisotopic (exact) mass is 631 g/mol. The van der Waals surface area contributed by atoms with Crippen LogP contribution in [0.2, 0.25) is 0 Å². The van der Waals surface area contributed by atoms with Crippen LogP contribution in [0.1, 0.15) is 29.8 Å². The lowest BCUT2D eigenvalue weighted by Crippen LogP contribution is -2.50. The Bertz CT molecular complexity index is 1660. The van der Waals surface area contributed by atoms with Crippen molar-refractivity contribution in [3.8, 4) is 11.5 Å². The summed E-state index contributed by atoms with van der Waals surface area (Å²) in [7, 11) is -4.88. The topological polar surface area (TPSA) is 143 Å². The van der Waals surface area contributed by atoms with Crippen LogP contribution in [0.4, 0.5) is 5.69 Å². The molecule has 0 unspecified atom stereocenters. The molecule has 0 saturated carbocycles. The maximum absolute atomic E-state index is 13.7. The number of carbonyl (C=O) groups is 1. The minimum atomic E-state index is -4.00. The summed E-state index contributed by atoms with van der Waals surface area (Å²) >= 11 is 0. The first-order valence-electron chi connectivity index (χ1n) is 13.7. The fourth-order valence-corrected chi connectivity index (χ4v) is 6.95. The first-order valence-corrected chi connectivity index (χ1v) is 16.6. The molecule has 0 fully saturated rings. The molecule has 1 aliphatic heterocycles. The second-order valence-corrected chi connectivity index (χ2v) is 14.4. The number of nitrogens with one attached hydrogen (secondary N) is 1. The number of nitrogens with zero attached hydrogens (tertiary/aromatic N) is 2. The highest BCUT2D eigenvalue weighted by Gasteiger charge is 2.35. The van der Waals surface area contributed by atoms with Gasteiger partial charge in [0.2, 0.25) is 10.0 Å². The van der Waals surface area contributed by atoms with Crippen molar-refractivity contribution in [1.29, 1.82) is 0 Å². The Kier molecular flexibility index (Phi) is 9.70. The number of hydrogen-bond acceptors (Lipinski definition) is 8. The van der Waals surface area contributed by atoms with Crippen LogP contribution in [0.15, 0.2) is 76.5 Å². The van der Waals surface area contributed by atoms with E-state index in [9.17, 15) is 26.7 Å². The average molecular weight is 632 g/mol. The summed E-state index contributed by atoms with van der Waals surface area (Å²) in [6, 6.07) is 16.2. The third kappa shape index (κ3) is 7.12. The Balaban J connectivity index is 1.67. The molecule has 0 spiro atoms. The van der Waals surface area contributed by atoms with E-state index in [1.165, 1.54) is 65.8 Å². The van der Waals surface area contributed by atoms with Gasteiger partial charge in [-0.25, -0.2) is 16.8 Å². The van der Waals surface area contributed by atoms with E-state index in [-0.39, 0.29) is 52.4 Å². The quantitative estimate of drug-likeness (QED) is 0.347. The summed E-state index contributed by atoms with van der Waals surface area (Å²) in [6.45, 7) is 5.28. The van der Waals surface area contributed by atoms with Crippen molar-refractivity contribution in [2.24, 2.45) is 5.92 Å². The Morgan fingerprint density at radius 1 is 1.05 bits per heavy atom. The summed E-state index contributed by atoms with van der Waals surface area (Å²) < 4.78 is 67.9. The van der Waals surface area contributed by atoms with Gasteiger partial charge in [0.05, 0.1) is 41.7 Å². The Morgan fingerprint density at radius 2 is 1.67 bits per heavy atom. The fourth-order valence-electron chi connectivity index (χ4n) is 4.71. The molecule has 3 atom stereocenters. The summed E-state index contributed by atoms with van der Waals surface area (Å²) in [6.07, 6.45) is -0.674. The molecule has 4 rings (SSSR count). The van der Waals surface area contributed by atoms with E-state index in [1.807, 2.05) is 13.8 Å². The first-order chi connectivity index (χ1) is 20.3. The molecule has 0 aliphatic carbocycles. The summed E-state index contributed by atoms with van der Waals surface area (Å²) in [5.74, 6) is -0.102. The van der Waals surface area contributed by atoms with E-state index in [0.29, 0.717) is 5.75 Å². The van der Waals surface area contributed by atoms with Gasteiger partial charge in [0.25, 0.3) is 15.9 Å². The van der Waals surface area contributed by atoms with Gasteiger partial charge in [0.15, 0.2) is 0 Å². The molecule has 0 bridgehead atoms. The number of aliphatic hydroxyl groups is 1. The lowest BCUT2D eigenvalue weighted by Gasteiger charge is -2.38. The molecule has 1 heterocycles. The Morgan fingerprint density at radius 3 is 2.28 bits per heavy atom. The van der Waals surface area contributed by atoms with E-state index in [2.05, 4.69) is 4.72 Å². The van der Waals surface area contributed by atoms with Crippen molar-refractivity contribution in [1.82, 2.24) is 9.21 Å². The number of methoxy groups -OCH3 is 1. The number of aliphatic hydroxyl groups excluding tert-OH is 1. The number of ether oxygens (including phenoxy) is 2. The third-order valence-corrected chi connectivity index (χ3v) is 10.7. The lowest BCUT2D eigenvalue weighted by molar-refractivity contribution is 0.0387. The van der Waals surface area contributed by atoms with Gasteiger partial charge in [-0.1, -0.05) is 24.6 Å². The molecule has 1 amide bonds. The van der Waals surface area contributed by atoms with Gasteiger partial charge in [0, 0.05) is 25.2 Å². The number of fused-ring (bicyclic) bond motifs is 1. The van der Waals surface area contributed by atoms with Crippen LogP contribution in [-0.4, -0.2) is 83.1 Å². The lowest BCUT2D eigenvalue weighted by atomic mass is 9.99. The Labute approximate surface area is 253 Å². The number of rotatable bonds is 10. The highest BCUT2D eigenvalue weighted by molar-refractivity contribution is 7.92. The molecule has 0 radical (unpaired) electrons. The molecular formula is C30H37N3O8S2. The van der Waals surface area contributed by atoms with Gasteiger partial charge in [-0.3, -0.25) is 9.52 Å². The number of aryl methyl sites for hydroxylation is 1. The molecule has 11 nitrogen and oxygen atoms in total. The van der Waals surface area contributed by atoms with Gasteiger partial charge in [-0.05, 0) is 68.4 Å². The zero-order valence-corrected chi connectivity index (χ0v) is 26.4. The van der Waals surface area contributed by atoms with Crippen LogP contribution in [-0.2, 0) is 20.0 Å². The number of hydrogen-bond donors (Lipinski definition) is 2. The molecule has 3 aromatic rings. The van der Waals surface area contributed by atoms with Crippen molar-refractivity contribution in [3.05, 3.63) is 77.9 Å². The van der Waals surface area contributed by atoms with E-state index in [1.54, 1.807) is 31.2 Å². The van der Waals surface area contributed by atoms with Crippen LogP contribution < -0.4 is 14.2 Å². The highest BCUT2D eigenvalue weighted by atomic mass is 32.2. The van der Waals surface area contributed by atoms with Crippen molar-refractivity contribution in [2.75, 3.05) is 38.6 Å². The largest absolute Gasteiger partial charge is 0.497 e. The van der Waals surface area contributed by atoms with E-state index in [0.717, 1.165) is 5.56 Å². The smallest absolute Gasteiger partial charge is 0.261 e. The first kappa shape index (κ1) is 32.3. The number of amides is 1. The van der Waals surface area contributed by atoms with Crippen LogP contribution >= 0.6 is 0 Å². The van der Waals surface area contributed by atoms with Gasteiger partial charge in [-0.15, -0.1) is 0 Å². The predicted molar refractivity (Wildman–Crippen MR) is 162 cm³/mol. The number of carbonyl (C=O) groups excluding carboxylic acids is 1. The van der Waals surface area contributed by atoms with Crippen molar-refractivity contribution < 1.29 is 36.2 Å². The van der Waals surface area contributed by atoms with Gasteiger partial charge in [-0.2, -0.15) is 4.31 Å². The van der Waals surface area contributed by atoms with E-state index < -0.39 is 38.1 Å². The van der Waals surface area contributed by atoms with Crippen LogP contribution in [0.25, 0.3) is 0 Å². The predicted octanol–water partition coefficient (Wildman–Crippen LogP) is 3.35. The Hall–Kier alpha value is -3.65. The molecule has 2 N–H and O–H groups in total. The molecule has 43 heavy (non-hydrogen) atoms. The fraction of sp³-hybridized carbons (Fsp3) is 0.367. The second-order valence-electron chi connectivity index (χ2n) is 10.7. The van der Waals surface area contributed by atoms with Crippen molar-refractivity contribution in [3.63, 3.8) is 0 Å². The van der Waals surface area contributed by atoms with Crippen molar-refractivity contribution >= 4 is 31.6 Å².